The van der Waals surface area contributed by atoms with E-state index in [-0.39, 0.29) is 24.9 Å². The number of aryl methyl sites for hydroxylation is 1. The predicted octanol–water partition coefficient (Wildman–Crippen LogP) is 5.00. The van der Waals surface area contributed by atoms with Crippen LogP contribution >= 0.6 is 15.9 Å². The van der Waals surface area contributed by atoms with Crippen LogP contribution in [0.4, 0.5) is 5.69 Å². The number of sulfonamides is 1. The summed E-state index contributed by atoms with van der Waals surface area (Å²) < 4.78 is 27.9. The van der Waals surface area contributed by atoms with E-state index in [9.17, 15) is 18.0 Å². The summed E-state index contributed by atoms with van der Waals surface area (Å²) in [5.41, 5.74) is 3.83. The highest BCUT2D eigenvalue weighted by Gasteiger charge is 2.33. The van der Waals surface area contributed by atoms with Gasteiger partial charge in [0, 0.05) is 23.5 Å². The zero-order valence-electron chi connectivity index (χ0n) is 23.0. The van der Waals surface area contributed by atoms with E-state index in [1.165, 1.54) is 4.90 Å². The number of anilines is 1. The van der Waals surface area contributed by atoms with Gasteiger partial charge in [-0.3, -0.25) is 13.9 Å². The maximum Gasteiger partial charge on any atom is 0.244 e. The number of carbonyl (C=O) groups is 2. The predicted molar refractivity (Wildman–Crippen MR) is 160 cm³/mol. The molecule has 1 N–H and O–H groups in total. The first-order valence-corrected chi connectivity index (χ1v) is 15.4. The topological polar surface area (TPSA) is 86.8 Å². The van der Waals surface area contributed by atoms with Gasteiger partial charge in [-0.2, -0.15) is 0 Å². The Hall–Kier alpha value is -3.17. The highest BCUT2D eigenvalue weighted by Crippen LogP contribution is 2.26. The van der Waals surface area contributed by atoms with Gasteiger partial charge < -0.3 is 10.2 Å². The molecular weight excluding hydrogens is 578 g/mol. The van der Waals surface area contributed by atoms with E-state index >= 15 is 0 Å². The molecule has 3 aromatic carbocycles. The van der Waals surface area contributed by atoms with Crippen molar-refractivity contribution in [2.45, 2.75) is 52.7 Å². The molecule has 0 aromatic heterocycles. The minimum Gasteiger partial charge on any atom is -0.352 e. The van der Waals surface area contributed by atoms with Crippen LogP contribution in [0.1, 0.15) is 36.1 Å². The van der Waals surface area contributed by atoms with Crippen molar-refractivity contribution in [2.75, 3.05) is 17.1 Å². The molecule has 0 aliphatic heterocycles. The van der Waals surface area contributed by atoms with Crippen molar-refractivity contribution in [1.82, 2.24) is 10.2 Å². The van der Waals surface area contributed by atoms with Gasteiger partial charge in [0.1, 0.15) is 12.6 Å². The summed E-state index contributed by atoms with van der Waals surface area (Å²) >= 11 is 3.48. The quantitative estimate of drug-likeness (QED) is 0.330. The van der Waals surface area contributed by atoms with Crippen molar-refractivity contribution in [3.8, 4) is 0 Å². The molecule has 0 unspecified atom stereocenters. The molecule has 0 spiro atoms. The Morgan fingerprint density at radius 1 is 0.923 bits per heavy atom. The Labute approximate surface area is 240 Å². The zero-order valence-corrected chi connectivity index (χ0v) is 25.4. The molecule has 3 aromatic rings. The molecule has 9 heteroatoms. The summed E-state index contributed by atoms with van der Waals surface area (Å²) in [4.78, 5) is 29.2. The molecule has 39 heavy (non-hydrogen) atoms. The maximum atomic E-state index is 14.1. The van der Waals surface area contributed by atoms with Crippen LogP contribution in [0.25, 0.3) is 0 Å². The number of benzene rings is 3. The van der Waals surface area contributed by atoms with Gasteiger partial charge in [0.25, 0.3) is 0 Å². The summed E-state index contributed by atoms with van der Waals surface area (Å²) in [6, 6.07) is 21.4. The van der Waals surface area contributed by atoms with Crippen molar-refractivity contribution < 1.29 is 18.0 Å². The standard InChI is InChI=1S/C30H36BrN3O4S/c1-21(2)32-30(36)28(18-24-12-7-6-8-13-24)33(19-25-14-10-15-26(31)17-25)29(35)20-34(39(5,37)38)27-16-9-11-22(3)23(27)4/h6-17,21,28H,18-20H2,1-5H3,(H,32,36)/t28-/m1/s1. The fourth-order valence-electron chi connectivity index (χ4n) is 4.37. The summed E-state index contributed by atoms with van der Waals surface area (Å²) in [7, 11) is -3.81. The first-order valence-electron chi connectivity index (χ1n) is 12.8. The smallest absolute Gasteiger partial charge is 0.244 e. The minimum atomic E-state index is -3.81. The van der Waals surface area contributed by atoms with Gasteiger partial charge in [-0.05, 0) is 68.1 Å². The molecule has 0 saturated heterocycles. The first-order chi connectivity index (χ1) is 18.4. The van der Waals surface area contributed by atoms with Crippen molar-refractivity contribution in [3.63, 3.8) is 0 Å². The molecule has 3 rings (SSSR count). The van der Waals surface area contributed by atoms with Gasteiger partial charge in [0.15, 0.2) is 0 Å². The van der Waals surface area contributed by atoms with E-state index < -0.39 is 28.5 Å². The fraction of sp³-hybridized carbons (Fsp3) is 0.333. The summed E-state index contributed by atoms with van der Waals surface area (Å²) in [5, 5.41) is 2.95. The third kappa shape index (κ3) is 8.41. The average Bonchev–Trinajstić information content (AvgIpc) is 2.86. The Kier molecular flexibility index (Phi) is 10.3. The van der Waals surface area contributed by atoms with E-state index in [4.69, 9.17) is 0 Å². The van der Waals surface area contributed by atoms with Crippen molar-refractivity contribution >= 4 is 43.5 Å². The fourth-order valence-corrected chi connectivity index (χ4v) is 5.71. The van der Waals surface area contributed by atoms with Crippen LogP contribution in [0.5, 0.6) is 0 Å². The second-order valence-corrected chi connectivity index (χ2v) is 12.8. The lowest BCUT2D eigenvalue weighted by molar-refractivity contribution is -0.140. The lowest BCUT2D eigenvalue weighted by atomic mass is 10.0. The van der Waals surface area contributed by atoms with Gasteiger partial charge >= 0.3 is 0 Å². The van der Waals surface area contributed by atoms with Gasteiger partial charge in [0.05, 0.1) is 11.9 Å². The molecule has 0 radical (unpaired) electrons. The van der Waals surface area contributed by atoms with Crippen molar-refractivity contribution in [1.29, 1.82) is 0 Å². The number of nitrogens with zero attached hydrogens (tertiary/aromatic N) is 2. The van der Waals surface area contributed by atoms with E-state index in [0.717, 1.165) is 37.3 Å². The third-order valence-electron chi connectivity index (χ3n) is 6.47. The van der Waals surface area contributed by atoms with Crippen LogP contribution < -0.4 is 9.62 Å². The summed E-state index contributed by atoms with van der Waals surface area (Å²) in [5.74, 6) is -0.768. The second kappa shape index (κ2) is 13.3. The SMILES string of the molecule is Cc1cccc(N(CC(=O)N(Cc2cccc(Br)c2)[C@H](Cc2ccccc2)C(=O)NC(C)C)S(C)(=O)=O)c1C. The van der Waals surface area contributed by atoms with Crippen LogP contribution in [-0.4, -0.2) is 50.0 Å². The van der Waals surface area contributed by atoms with E-state index in [1.807, 2.05) is 88.4 Å². The Morgan fingerprint density at radius 2 is 1.56 bits per heavy atom. The van der Waals surface area contributed by atoms with E-state index in [2.05, 4.69) is 21.2 Å². The molecule has 0 saturated carbocycles. The van der Waals surface area contributed by atoms with Gasteiger partial charge in [-0.25, -0.2) is 8.42 Å². The number of hydrogen-bond donors (Lipinski definition) is 1. The lowest BCUT2D eigenvalue weighted by Gasteiger charge is -2.34. The van der Waals surface area contributed by atoms with E-state index in [0.29, 0.717) is 5.69 Å². The van der Waals surface area contributed by atoms with Crippen LogP contribution in [0, 0.1) is 13.8 Å². The molecule has 0 aliphatic rings. The molecule has 0 fully saturated rings. The van der Waals surface area contributed by atoms with E-state index in [1.54, 1.807) is 12.1 Å². The number of nitrogens with one attached hydrogen (secondary N) is 1. The second-order valence-electron chi connectivity index (χ2n) is 10.0. The van der Waals surface area contributed by atoms with Crippen molar-refractivity contribution in [2.24, 2.45) is 0 Å². The Balaban J connectivity index is 2.08. The van der Waals surface area contributed by atoms with Gasteiger partial charge in [-0.1, -0.05) is 70.5 Å². The molecule has 0 heterocycles. The van der Waals surface area contributed by atoms with Crippen LogP contribution in [0.2, 0.25) is 0 Å². The molecule has 2 amide bonds. The Bertz CT molecular complexity index is 1410. The number of amides is 2. The molecule has 0 bridgehead atoms. The Morgan fingerprint density at radius 3 is 2.18 bits per heavy atom. The molecular formula is C30H36BrN3O4S. The van der Waals surface area contributed by atoms with Gasteiger partial charge in [-0.15, -0.1) is 0 Å². The average molecular weight is 615 g/mol. The lowest BCUT2D eigenvalue weighted by Crippen LogP contribution is -2.54. The highest BCUT2D eigenvalue weighted by molar-refractivity contribution is 9.10. The first kappa shape index (κ1) is 30.4. The maximum absolute atomic E-state index is 14.1. The number of carbonyl (C=O) groups excluding carboxylic acids is 2. The highest BCUT2D eigenvalue weighted by atomic mass is 79.9. The van der Waals surface area contributed by atoms with Crippen LogP contribution in [-0.2, 0) is 32.6 Å². The monoisotopic (exact) mass is 613 g/mol. The largest absolute Gasteiger partial charge is 0.352 e. The minimum absolute atomic E-state index is 0.131. The van der Waals surface area contributed by atoms with Crippen LogP contribution in [0.15, 0.2) is 77.3 Å². The van der Waals surface area contributed by atoms with Gasteiger partial charge in [0.2, 0.25) is 21.8 Å². The number of hydrogen-bond acceptors (Lipinski definition) is 4. The zero-order chi connectivity index (χ0) is 28.7. The summed E-state index contributed by atoms with van der Waals surface area (Å²) in [6.07, 6.45) is 1.37. The van der Waals surface area contributed by atoms with Crippen molar-refractivity contribution in [3.05, 3.63) is 99.5 Å². The number of rotatable bonds is 11. The molecule has 1 atom stereocenters. The molecule has 208 valence electrons. The number of halogens is 1. The third-order valence-corrected chi connectivity index (χ3v) is 8.09. The molecule has 7 nitrogen and oxygen atoms in total. The molecule has 0 aliphatic carbocycles. The normalized spacial score (nSPS) is 12.2. The summed E-state index contributed by atoms with van der Waals surface area (Å²) in [6.45, 7) is 7.16. The van der Waals surface area contributed by atoms with Crippen LogP contribution in [0.3, 0.4) is 0 Å².